The molecule has 2 saturated heterocycles. The van der Waals surface area contributed by atoms with Crippen LogP contribution in [0.25, 0.3) is 11.1 Å². The second-order valence-electron chi connectivity index (χ2n) is 13.7. The van der Waals surface area contributed by atoms with Crippen molar-refractivity contribution in [2.45, 2.75) is 102 Å². The number of morpholine rings is 1. The molecule has 14 heteroatoms. The van der Waals surface area contributed by atoms with E-state index < -0.39 is 0 Å². The number of rotatable bonds is 14. The van der Waals surface area contributed by atoms with Gasteiger partial charge in [-0.05, 0) is 77.0 Å². The van der Waals surface area contributed by atoms with Gasteiger partial charge in [-0.1, -0.05) is 6.07 Å². The summed E-state index contributed by atoms with van der Waals surface area (Å²) < 4.78 is 27.6. The van der Waals surface area contributed by atoms with Gasteiger partial charge in [-0.2, -0.15) is 10.4 Å². The molecule has 4 aromatic rings. The van der Waals surface area contributed by atoms with Crippen LogP contribution in [0.1, 0.15) is 70.9 Å². The zero-order valence-electron chi connectivity index (χ0n) is 29.0. The minimum absolute atomic E-state index is 0.124. The van der Waals surface area contributed by atoms with Crippen molar-refractivity contribution in [1.82, 2.24) is 39.4 Å². The van der Waals surface area contributed by atoms with E-state index in [4.69, 9.17) is 24.0 Å². The molecule has 0 radical (unpaired) electrons. The molecule has 14 nitrogen and oxygen atoms in total. The Bertz CT molecular complexity index is 1710. The number of nitriles is 1. The average molecular weight is 683 g/mol. The number of ether oxygens (including phenoxy) is 4. The van der Waals surface area contributed by atoms with Crippen LogP contribution in [-0.4, -0.2) is 96.2 Å². The summed E-state index contributed by atoms with van der Waals surface area (Å²) in [5, 5.41) is 22.1. The molecule has 50 heavy (non-hydrogen) atoms. The van der Waals surface area contributed by atoms with Crippen LogP contribution in [0.15, 0.2) is 49.4 Å². The Kier molecular flexibility index (Phi) is 10.5. The van der Waals surface area contributed by atoms with Crippen LogP contribution in [0.4, 0.5) is 11.6 Å². The lowest BCUT2D eigenvalue weighted by Crippen LogP contribution is -2.52. The Labute approximate surface area is 292 Å². The van der Waals surface area contributed by atoms with Gasteiger partial charge in [0.15, 0.2) is 0 Å². The fraction of sp³-hybridized carbons (Fsp3) is 0.556. The summed E-state index contributed by atoms with van der Waals surface area (Å²) in [4.78, 5) is 16.0. The van der Waals surface area contributed by atoms with Crippen LogP contribution in [0, 0.1) is 11.3 Å². The van der Waals surface area contributed by atoms with E-state index in [9.17, 15) is 5.26 Å². The lowest BCUT2D eigenvalue weighted by molar-refractivity contribution is -0.0458. The molecule has 1 saturated carbocycles. The minimum atomic E-state index is -0.231. The maximum absolute atomic E-state index is 9.69. The van der Waals surface area contributed by atoms with Crippen molar-refractivity contribution in [3.63, 3.8) is 0 Å². The van der Waals surface area contributed by atoms with Gasteiger partial charge >= 0.3 is 0 Å². The highest BCUT2D eigenvalue weighted by Gasteiger charge is 2.42. The van der Waals surface area contributed by atoms with Gasteiger partial charge in [-0.25, -0.2) is 19.6 Å². The lowest BCUT2D eigenvalue weighted by atomic mass is 9.89. The van der Waals surface area contributed by atoms with Gasteiger partial charge in [0, 0.05) is 36.1 Å². The highest BCUT2D eigenvalue weighted by Crippen LogP contribution is 2.39. The molecule has 1 aromatic carbocycles. The van der Waals surface area contributed by atoms with Gasteiger partial charge in [-0.15, -0.1) is 5.10 Å². The first-order valence-electron chi connectivity index (χ1n) is 17.7. The maximum atomic E-state index is 9.69. The van der Waals surface area contributed by atoms with Crippen LogP contribution in [0.5, 0.6) is 11.6 Å². The summed E-state index contributed by atoms with van der Waals surface area (Å²) in [6.45, 7) is 9.06. The quantitative estimate of drug-likeness (QED) is 0.175. The molecule has 3 fully saturated rings. The van der Waals surface area contributed by atoms with Crippen molar-refractivity contribution < 1.29 is 18.9 Å². The topological polar surface area (TPSA) is 150 Å². The minimum Gasteiger partial charge on any atom is -0.487 e. The third-order valence-corrected chi connectivity index (χ3v) is 9.80. The molecular weight excluding hydrogens is 636 g/mol. The molecule has 1 aliphatic carbocycles. The highest BCUT2D eigenvalue weighted by molar-refractivity contribution is 5.67. The Morgan fingerprint density at radius 2 is 1.70 bits per heavy atom. The second kappa shape index (κ2) is 15.5. The molecule has 5 heterocycles. The van der Waals surface area contributed by atoms with E-state index in [0.717, 1.165) is 50.0 Å². The fourth-order valence-electron chi connectivity index (χ4n) is 7.45. The Hall–Kier alpha value is -4.58. The highest BCUT2D eigenvalue weighted by atomic mass is 16.5. The Morgan fingerprint density at radius 1 is 0.960 bits per heavy atom. The molecule has 1 N–H and O–H groups in total. The van der Waals surface area contributed by atoms with Crippen LogP contribution in [-0.2, 0) is 16.0 Å². The molecular formula is C36H46N10O4. The van der Waals surface area contributed by atoms with E-state index in [1.54, 1.807) is 29.5 Å². The molecule has 2 aliphatic heterocycles. The predicted octanol–water partition coefficient (Wildman–Crippen LogP) is 5.17. The van der Waals surface area contributed by atoms with Crippen LogP contribution in [0.3, 0.4) is 0 Å². The summed E-state index contributed by atoms with van der Waals surface area (Å²) >= 11 is 0. The third-order valence-electron chi connectivity index (χ3n) is 9.80. The third kappa shape index (κ3) is 7.90. The number of nitrogens with one attached hydrogen (secondary N) is 1. The van der Waals surface area contributed by atoms with E-state index in [0.29, 0.717) is 72.8 Å². The largest absolute Gasteiger partial charge is 0.487 e. The van der Waals surface area contributed by atoms with E-state index in [1.165, 1.54) is 19.2 Å². The molecule has 2 bridgehead atoms. The van der Waals surface area contributed by atoms with Crippen LogP contribution in [0.2, 0.25) is 0 Å². The van der Waals surface area contributed by atoms with Crippen molar-refractivity contribution in [3.8, 4) is 28.8 Å². The number of nitrogens with zero attached hydrogens (tertiary/aromatic N) is 9. The number of anilines is 2. The van der Waals surface area contributed by atoms with Crippen molar-refractivity contribution >= 4 is 11.6 Å². The molecule has 7 rings (SSSR count). The van der Waals surface area contributed by atoms with E-state index in [-0.39, 0.29) is 12.2 Å². The van der Waals surface area contributed by atoms with E-state index in [1.807, 2.05) is 39.1 Å². The first-order chi connectivity index (χ1) is 24.4. The average Bonchev–Trinajstić information content (AvgIpc) is 3.84. The first kappa shape index (κ1) is 33.9. The van der Waals surface area contributed by atoms with Crippen LogP contribution < -0.4 is 14.8 Å². The van der Waals surface area contributed by atoms with Crippen molar-refractivity contribution in [2.75, 3.05) is 31.7 Å². The molecule has 3 atom stereocenters. The normalized spacial score (nSPS) is 22.7. The SMILES string of the molecule is CC(C)OCCOc1nn(C2CCC(N3[C@@H]4CC[C@H]3COC4)CC2)cc1Nc1ncc(-c2ccc(C#N)c(OC(C)Cn3cncn3)c2)cn1. The van der Waals surface area contributed by atoms with E-state index in [2.05, 4.69) is 41.0 Å². The molecule has 264 valence electrons. The molecule has 3 aromatic heterocycles. The molecule has 0 spiro atoms. The molecule has 1 unspecified atom stereocenters. The summed E-state index contributed by atoms with van der Waals surface area (Å²) in [6, 6.07) is 9.77. The zero-order chi connectivity index (χ0) is 34.5. The second-order valence-corrected chi connectivity index (χ2v) is 13.7. The van der Waals surface area contributed by atoms with Gasteiger partial charge < -0.3 is 24.3 Å². The maximum Gasteiger partial charge on any atom is 0.257 e. The van der Waals surface area contributed by atoms with Gasteiger partial charge in [0.25, 0.3) is 5.88 Å². The number of fused-ring (bicyclic) bond motifs is 2. The number of hydrogen-bond donors (Lipinski definition) is 1. The predicted molar refractivity (Wildman–Crippen MR) is 185 cm³/mol. The van der Waals surface area contributed by atoms with Crippen LogP contribution >= 0.6 is 0 Å². The number of hydrogen-bond acceptors (Lipinski definition) is 12. The van der Waals surface area contributed by atoms with Gasteiger partial charge in [0.1, 0.15) is 42.9 Å². The van der Waals surface area contributed by atoms with Crippen molar-refractivity contribution in [2.24, 2.45) is 0 Å². The zero-order valence-corrected chi connectivity index (χ0v) is 29.0. The first-order valence-corrected chi connectivity index (χ1v) is 17.7. The van der Waals surface area contributed by atoms with Gasteiger partial charge in [0.05, 0.1) is 50.3 Å². The standard InChI is InChI=1S/C36H46N10O4/c1-24(2)48-12-13-49-35-33(19-45(43-35)29-6-8-30(9-7-29)46-31-10-11-32(46)21-47-20-31)42-36-39-16-28(17-40-36)26-4-5-27(15-37)34(14-26)50-25(3)18-44-23-38-22-41-44/h4-5,14,16-17,19,22-25,29-32H,6-13,18,20-21H2,1-3H3,(H,39,40,42)/t25?,29?,30?,31-,32+. The van der Waals surface area contributed by atoms with Gasteiger partial charge in [-0.3, -0.25) is 9.58 Å². The lowest BCUT2D eigenvalue weighted by Gasteiger charge is -2.43. The number of benzene rings is 1. The summed E-state index contributed by atoms with van der Waals surface area (Å²) in [6.07, 6.45) is 15.5. The monoisotopic (exact) mass is 682 g/mol. The van der Waals surface area contributed by atoms with Crippen molar-refractivity contribution in [1.29, 1.82) is 5.26 Å². The molecule has 3 aliphatic rings. The Morgan fingerprint density at radius 3 is 2.40 bits per heavy atom. The van der Waals surface area contributed by atoms with Gasteiger partial charge in [0.2, 0.25) is 5.95 Å². The summed E-state index contributed by atoms with van der Waals surface area (Å²) in [7, 11) is 0. The number of aromatic nitrogens is 7. The fourth-order valence-corrected chi connectivity index (χ4v) is 7.45. The summed E-state index contributed by atoms with van der Waals surface area (Å²) in [5.74, 6) is 1.42. The van der Waals surface area contributed by atoms with Crippen molar-refractivity contribution in [3.05, 3.63) is 55.0 Å². The summed E-state index contributed by atoms with van der Waals surface area (Å²) in [5.41, 5.74) is 2.79. The molecule has 0 amide bonds. The Balaban J connectivity index is 1.03. The van der Waals surface area contributed by atoms with E-state index >= 15 is 0 Å². The smallest absolute Gasteiger partial charge is 0.257 e.